The number of nitrogens with zero attached hydrogens (tertiary/aromatic N) is 2. The Morgan fingerprint density at radius 2 is 1.94 bits per heavy atom. The first-order chi connectivity index (χ1) is 7.61. The predicted octanol–water partition coefficient (Wildman–Crippen LogP) is 1.58. The van der Waals surface area contributed by atoms with Crippen LogP contribution in [0.2, 0.25) is 0 Å². The summed E-state index contributed by atoms with van der Waals surface area (Å²) < 4.78 is 0. The molecule has 1 aromatic carbocycles. The van der Waals surface area contributed by atoms with Gasteiger partial charge in [0.15, 0.2) is 0 Å². The molecule has 1 unspecified atom stereocenters. The van der Waals surface area contributed by atoms with Crippen molar-refractivity contribution in [3.05, 3.63) is 30.3 Å². The van der Waals surface area contributed by atoms with Gasteiger partial charge in [-0.15, -0.1) is 0 Å². The Hall–Kier alpha value is -1.84. The van der Waals surface area contributed by atoms with Crippen LogP contribution in [-0.4, -0.2) is 22.9 Å². The predicted molar refractivity (Wildman–Crippen MR) is 60.5 cm³/mol. The first-order valence-electron chi connectivity index (χ1n) is 5.29. The molecule has 0 radical (unpaired) electrons. The zero-order valence-corrected chi connectivity index (χ0v) is 9.38. The Morgan fingerprint density at radius 3 is 2.50 bits per heavy atom. The molecule has 0 aromatic heterocycles. The van der Waals surface area contributed by atoms with Crippen molar-refractivity contribution >= 4 is 17.5 Å². The lowest BCUT2D eigenvalue weighted by Crippen LogP contribution is -2.44. The summed E-state index contributed by atoms with van der Waals surface area (Å²) in [5.74, 6) is -0.142. The molecule has 1 saturated heterocycles. The van der Waals surface area contributed by atoms with Gasteiger partial charge in [-0.25, -0.2) is 10.0 Å². The van der Waals surface area contributed by atoms with Gasteiger partial charge in [0, 0.05) is 6.92 Å². The summed E-state index contributed by atoms with van der Waals surface area (Å²) in [5.41, 5.74) is 0.743. The Kier molecular flexibility index (Phi) is 2.64. The second-order valence-corrected chi connectivity index (χ2v) is 3.96. The molecular formula is C12H14N2O2. The minimum atomic E-state index is -0.109. The average molecular weight is 218 g/mol. The lowest BCUT2D eigenvalue weighted by molar-refractivity contribution is -0.132. The summed E-state index contributed by atoms with van der Waals surface area (Å²) in [7, 11) is 0. The van der Waals surface area contributed by atoms with Crippen LogP contribution in [0.3, 0.4) is 0 Å². The van der Waals surface area contributed by atoms with Gasteiger partial charge >= 0.3 is 0 Å². The molecule has 0 bridgehead atoms. The van der Waals surface area contributed by atoms with Gasteiger partial charge in [-0.3, -0.25) is 9.59 Å². The van der Waals surface area contributed by atoms with Gasteiger partial charge in [0.2, 0.25) is 11.8 Å². The highest BCUT2D eigenvalue weighted by Crippen LogP contribution is 2.26. The Morgan fingerprint density at radius 1 is 1.31 bits per heavy atom. The van der Waals surface area contributed by atoms with E-state index in [1.54, 1.807) is 0 Å². The quantitative estimate of drug-likeness (QED) is 0.718. The van der Waals surface area contributed by atoms with E-state index in [0.717, 1.165) is 5.69 Å². The SMILES string of the molecule is CC(=O)N1C(C)CC(=O)N1c1ccccc1. The zero-order chi connectivity index (χ0) is 11.7. The summed E-state index contributed by atoms with van der Waals surface area (Å²) in [6.45, 7) is 3.35. The molecule has 1 atom stereocenters. The third-order valence-corrected chi connectivity index (χ3v) is 2.66. The minimum Gasteiger partial charge on any atom is -0.273 e. The number of para-hydroxylation sites is 1. The number of carbonyl (C=O) groups excluding carboxylic acids is 2. The Labute approximate surface area is 94.4 Å². The Balaban J connectivity index is 2.38. The van der Waals surface area contributed by atoms with Crippen molar-refractivity contribution < 1.29 is 9.59 Å². The highest BCUT2D eigenvalue weighted by atomic mass is 16.2. The fourth-order valence-corrected chi connectivity index (χ4v) is 2.03. The lowest BCUT2D eigenvalue weighted by Gasteiger charge is -2.29. The molecule has 1 aromatic rings. The van der Waals surface area contributed by atoms with Crippen molar-refractivity contribution in [1.82, 2.24) is 5.01 Å². The highest BCUT2D eigenvalue weighted by molar-refractivity contribution is 5.99. The largest absolute Gasteiger partial charge is 0.273 e. The zero-order valence-electron chi connectivity index (χ0n) is 9.38. The minimum absolute atomic E-state index is 0.0334. The maximum absolute atomic E-state index is 11.8. The van der Waals surface area contributed by atoms with E-state index < -0.39 is 0 Å². The van der Waals surface area contributed by atoms with E-state index in [-0.39, 0.29) is 17.9 Å². The van der Waals surface area contributed by atoms with Gasteiger partial charge in [-0.1, -0.05) is 18.2 Å². The van der Waals surface area contributed by atoms with Crippen LogP contribution in [0.4, 0.5) is 5.69 Å². The maximum Gasteiger partial charge on any atom is 0.248 e. The molecule has 4 heteroatoms. The van der Waals surface area contributed by atoms with Crippen LogP contribution in [0.1, 0.15) is 20.3 Å². The Bertz CT molecular complexity index is 416. The number of rotatable bonds is 1. The highest BCUT2D eigenvalue weighted by Gasteiger charge is 2.37. The number of hydrazine groups is 1. The third kappa shape index (κ3) is 1.66. The van der Waals surface area contributed by atoms with Crippen molar-refractivity contribution in [1.29, 1.82) is 0 Å². The fraction of sp³-hybridized carbons (Fsp3) is 0.333. The van der Waals surface area contributed by atoms with Gasteiger partial charge in [-0.2, -0.15) is 0 Å². The summed E-state index contributed by atoms with van der Waals surface area (Å²) in [5, 5.41) is 2.98. The molecule has 0 saturated carbocycles. The van der Waals surface area contributed by atoms with Gasteiger partial charge in [0.25, 0.3) is 0 Å². The number of carbonyl (C=O) groups is 2. The first kappa shape index (κ1) is 10.7. The third-order valence-electron chi connectivity index (χ3n) is 2.66. The van der Waals surface area contributed by atoms with E-state index in [0.29, 0.717) is 6.42 Å². The van der Waals surface area contributed by atoms with Crippen molar-refractivity contribution in [3.63, 3.8) is 0 Å². The van der Waals surface area contributed by atoms with Gasteiger partial charge < -0.3 is 0 Å². The van der Waals surface area contributed by atoms with Crippen LogP contribution < -0.4 is 5.01 Å². The van der Waals surface area contributed by atoms with Crippen LogP contribution in [0.15, 0.2) is 30.3 Å². The fourth-order valence-electron chi connectivity index (χ4n) is 2.03. The van der Waals surface area contributed by atoms with Crippen molar-refractivity contribution in [2.24, 2.45) is 0 Å². The summed E-state index contributed by atoms with van der Waals surface area (Å²) in [6.07, 6.45) is 0.383. The number of benzene rings is 1. The summed E-state index contributed by atoms with van der Waals surface area (Å²) >= 11 is 0. The molecule has 84 valence electrons. The molecule has 1 aliphatic heterocycles. The van der Waals surface area contributed by atoms with E-state index in [9.17, 15) is 9.59 Å². The van der Waals surface area contributed by atoms with Crippen LogP contribution in [0, 0.1) is 0 Å². The van der Waals surface area contributed by atoms with Crippen molar-refractivity contribution in [2.45, 2.75) is 26.3 Å². The van der Waals surface area contributed by atoms with Crippen LogP contribution in [-0.2, 0) is 9.59 Å². The van der Waals surface area contributed by atoms with E-state index in [1.807, 2.05) is 37.3 Å². The number of hydrogen-bond acceptors (Lipinski definition) is 2. The number of anilines is 1. The van der Waals surface area contributed by atoms with Gasteiger partial charge in [0.1, 0.15) is 0 Å². The summed E-state index contributed by atoms with van der Waals surface area (Å²) in [6, 6.07) is 9.17. The van der Waals surface area contributed by atoms with E-state index in [4.69, 9.17) is 0 Å². The topological polar surface area (TPSA) is 40.6 Å². The van der Waals surface area contributed by atoms with Crippen LogP contribution >= 0.6 is 0 Å². The molecule has 0 spiro atoms. The molecule has 16 heavy (non-hydrogen) atoms. The maximum atomic E-state index is 11.8. The molecular weight excluding hydrogens is 204 g/mol. The summed E-state index contributed by atoms with van der Waals surface area (Å²) in [4.78, 5) is 23.3. The molecule has 2 amide bonds. The molecule has 0 N–H and O–H groups in total. The van der Waals surface area contributed by atoms with Gasteiger partial charge in [0.05, 0.1) is 18.2 Å². The molecule has 0 aliphatic carbocycles. The molecule has 1 fully saturated rings. The standard InChI is InChI=1S/C12H14N2O2/c1-9-8-12(16)14(13(9)10(2)15)11-6-4-3-5-7-11/h3-7,9H,8H2,1-2H3. The second-order valence-electron chi connectivity index (χ2n) is 3.96. The molecule has 1 aliphatic rings. The first-order valence-corrected chi connectivity index (χ1v) is 5.29. The average Bonchev–Trinajstić information content (AvgIpc) is 2.55. The van der Waals surface area contributed by atoms with Crippen LogP contribution in [0.5, 0.6) is 0 Å². The van der Waals surface area contributed by atoms with Crippen molar-refractivity contribution in [3.8, 4) is 0 Å². The second kappa shape index (κ2) is 3.96. The van der Waals surface area contributed by atoms with E-state index >= 15 is 0 Å². The lowest BCUT2D eigenvalue weighted by atomic mass is 10.2. The van der Waals surface area contributed by atoms with Crippen LogP contribution in [0.25, 0.3) is 0 Å². The van der Waals surface area contributed by atoms with Gasteiger partial charge in [-0.05, 0) is 19.1 Å². The molecule has 1 heterocycles. The van der Waals surface area contributed by atoms with Crippen molar-refractivity contribution in [2.75, 3.05) is 5.01 Å². The monoisotopic (exact) mass is 218 g/mol. The molecule has 2 rings (SSSR count). The normalized spacial score (nSPS) is 20.4. The smallest absolute Gasteiger partial charge is 0.248 e. The number of hydrogen-bond donors (Lipinski definition) is 0. The van der Waals surface area contributed by atoms with E-state index in [1.165, 1.54) is 16.9 Å². The molecule has 4 nitrogen and oxygen atoms in total. The van der Waals surface area contributed by atoms with E-state index in [2.05, 4.69) is 0 Å². The number of amides is 2.